The third kappa shape index (κ3) is 4.36. The first-order valence-electron chi connectivity index (χ1n) is 8.07. The second-order valence-corrected chi connectivity index (χ2v) is 5.92. The minimum absolute atomic E-state index is 0.184. The summed E-state index contributed by atoms with van der Waals surface area (Å²) in [4.78, 5) is 16.5. The standard InChI is InChI=1S/C18H18ClN5O3/c1-26-8-9-27-15-5-3-2-4-14(15)24-17(20)13(11-22-24)18(25)23-16-7-6-12(19)10-21-16/h2-7,10-11H,8-9,20H2,1H3,(H,21,23,25). The molecule has 0 radical (unpaired) electrons. The summed E-state index contributed by atoms with van der Waals surface area (Å²) >= 11 is 5.79. The molecule has 2 aromatic heterocycles. The first-order valence-corrected chi connectivity index (χ1v) is 8.45. The summed E-state index contributed by atoms with van der Waals surface area (Å²) < 4.78 is 12.1. The lowest BCUT2D eigenvalue weighted by molar-refractivity contribution is 0.102. The lowest BCUT2D eigenvalue weighted by Crippen LogP contribution is -2.15. The third-order valence-electron chi connectivity index (χ3n) is 3.66. The number of halogens is 1. The number of amides is 1. The van der Waals surface area contributed by atoms with Crippen LogP contribution in [0.1, 0.15) is 10.4 Å². The number of hydrogen-bond acceptors (Lipinski definition) is 6. The summed E-state index contributed by atoms with van der Waals surface area (Å²) in [5, 5.41) is 7.36. The zero-order valence-electron chi connectivity index (χ0n) is 14.6. The first kappa shape index (κ1) is 18.7. The Kier molecular flexibility index (Phi) is 5.90. The summed E-state index contributed by atoms with van der Waals surface area (Å²) in [6.45, 7) is 0.828. The number of carbonyl (C=O) groups excluding carboxylic acids is 1. The fourth-order valence-electron chi connectivity index (χ4n) is 2.35. The molecule has 0 atom stereocenters. The van der Waals surface area contributed by atoms with Crippen LogP contribution in [0.25, 0.3) is 5.69 Å². The number of nitrogens with zero attached hydrogens (tertiary/aromatic N) is 3. The molecule has 2 heterocycles. The van der Waals surface area contributed by atoms with Crippen LogP contribution in [0.5, 0.6) is 5.75 Å². The summed E-state index contributed by atoms with van der Waals surface area (Å²) in [5.41, 5.74) is 7.00. The van der Waals surface area contributed by atoms with Crippen LogP contribution in [0.3, 0.4) is 0 Å². The quantitative estimate of drug-likeness (QED) is 0.604. The van der Waals surface area contributed by atoms with Gasteiger partial charge in [0, 0.05) is 13.3 Å². The van der Waals surface area contributed by atoms with Gasteiger partial charge in [-0.2, -0.15) is 5.10 Å². The van der Waals surface area contributed by atoms with Gasteiger partial charge in [-0.3, -0.25) is 4.79 Å². The van der Waals surface area contributed by atoms with Crippen molar-refractivity contribution in [1.82, 2.24) is 14.8 Å². The van der Waals surface area contributed by atoms with Crippen LogP contribution in [0, 0.1) is 0 Å². The Balaban J connectivity index is 1.83. The molecule has 0 fully saturated rings. The highest BCUT2D eigenvalue weighted by Crippen LogP contribution is 2.26. The first-order chi connectivity index (χ1) is 13.1. The van der Waals surface area contributed by atoms with E-state index in [4.69, 9.17) is 26.8 Å². The maximum atomic E-state index is 12.5. The lowest BCUT2D eigenvalue weighted by atomic mass is 10.2. The van der Waals surface area contributed by atoms with Gasteiger partial charge < -0.3 is 20.5 Å². The van der Waals surface area contributed by atoms with Gasteiger partial charge in [-0.1, -0.05) is 23.7 Å². The number of anilines is 2. The number of benzene rings is 1. The van der Waals surface area contributed by atoms with E-state index < -0.39 is 5.91 Å². The molecule has 1 amide bonds. The predicted molar refractivity (Wildman–Crippen MR) is 103 cm³/mol. The number of nitrogen functional groups attached to an aromatic ring is 1. The molecule has 3 N–H and O–H groups in total. The van der Waals surface area contributed by atoms with Crippen LogP contribution < -0.4 is 15.8 Å². The minimum Gasteiger partial charge on any atom is -0.489 e. The van der Waals surface area contributed by atoms with Crippen LogP contribution in [0.15, 0.2) is 48.8 Å². The van der Waals surface area contributed by atoms with E-state index in [2.05, 4.69) is 15.4 Å². The molecule has 0 unspecified atom stereocenters. The van der Waals surface area contributed by atoms with E-state index in [1.807, 2.05) is 12.1 Å². The van der Waals surface area contributed by atoms with Crippen LogP contribution in [-0.4, -0.2) is 41.0 Å². The highest BCUT2D eigenvalue weighted by molar-refractivity contribution is 6.30. The van der Waals surface area contributed by atoms with Gasteiger partial charge in [0.15, 0.2) is 0 Å². The monoisotopic (exact) mass is 387 g/mol. The molecule has 3 aromatic rings. The predicted octanol–water partition coefficient (Wildman–Crippen LogP) is 2.78. The van der Waals surface area contributed by atoms with Crippen molar-refractivity contribution >= 4 is 29.1 Å². The number of hydrogen-bond donors (Lipinski definition) is 2. The Hall–Kier alpha value is -3.10. The van der Waals surface area contributed by atoms with Crippen molar-refractivity contribution in [2.75, 3.05) is 31.4 Å². The van der Waals surface area contributed by atoms with Gasteiger partial charge in [0.25, 0.3) is 5.91 Å². The Bertz CT molecular complexity index is 927. The Labute approximate surface area is 160 Å². The molecule has 27 heavy (non-hydrogen) atoms. The highest BCUT2D eigenvalue weighted by atomic mass is 35.5. The molecule has 8 nitrogen and oxygen atoms in total. The molecule has 0 aliphatic heterocycles. The molecule has 0 aliphatic carbocycles. The lowest BCUT2D eigenvalue weighted by Gasteiger charge is -2.12. The van der Waals surface area contributed by atoms with Crippen molar-refractivity contribution in [3.05, 3.63) is 59.4 Å². The fourth-order valence-corrected chi connectivity index (χ4v) is 2.46. The summed E-state index contributed by atoms with van der Waals surface area (Å²) in [5.74, 6) is 0.700. The number of nitrogens with two attached hydrogens (primary N) is 1. The molecule has 0 spiro atoms. The second kappa shape index (κ2) is 8.52. The summed E-state index contributed by atoms with van der Waals surface area (Å²) in [7, 11) is 1.60. The average molecular weight is 388 g/mol. The Morgan fingerprint density at radius 1 is 1.22 bits per heavy atom. The van der Waals surface area contributed by atoms with E-state index in [1.54, 1.807) is 31.4 Å². The number of rotatable bonds is 7. The largest absolute Gasteiger partial charge is 0.489 e. The topological polar surface area (TPSA) is 104 Å². The molecule has 3 rings (SSSR count). The molecular formula is C18H18ClN5O3. The molecule has 0 saturated heterocycles. The number of methoxy groups -OCH3 is 1. The van der Waals surface area contributed by atoms with E-state index in [1.165, 1.54) is 17.1 Å². The number of aromatic nitrogens is 3. The minimum atomic E-state index is -0.425. The van der Waals surface area contributed by atoms with E-state index in [9.17, 15) is 4.79 Å². The van der Waals surface area contributed by atoms with Crippen molar-refractivity contribution in [3.63, 3.8) is 0 Å². The fraction of sp³-hybridized carbons (Fsp3) is 0.167. The number of pyridine rings is 1. The van der Waals surface area contributed by atoms with Crippen molar-refractivity contribution in [2.45, 2.75) is 0 Å². The molecule has 140 valence electrons. The maximum absolute atomic E-state index is 12.5. The summed E-state index contributed by atoms with van der Waals surface area (Å²) in [6.07, 6.45) is 2.84. The van der Waals surface area contributed by atoms with Gasteiger partial charge in [0.2, 0.25) is 0 Å². The van der Waals surface area contributed by atoms with Gasteiger partial charge in [0.05, 0.1) is 17.8 Å². The highest BCUT2D eigenvalue weighted by Gasteiger charge is 2.18. The van der Waals surface area contributed by atoms with Gasteiger partial charge in [0.1, 0.15) is 35.2 Å². The van der Waals surface area contributed by atoms with Crippen molar-refractivity contribution in [3.8, 4) is 11.4 Å². The third-order valence-corrected chi connectivity index (χ3v) is 3.88. The van der Waals surface area contributed by atoms with Crippen molar-refractivity contribution < 1.29 is 14.3 Å². The molecule has 0 aliphatic rings. The van der Waals surface area contributed by atoms with Crippen molar-refractivity contribution in [2.24, 2.45) is 0 Å². The smallest absolute Gasteiger partial charge is 0.262 e. The number of ether oxygens (including phenoxy) is 2. The maximum Gasteiger partial charge on any atom is 0.262 e. The second-order valence-electron chi connectivity index (χ2n) is 5.48. The van der Waals surface area contributed by atoms with Crippen LogP contribution >= 0.6 is 11.6 Å². The van der Waals surface area contributed by atoms with Crippen molar-refractivity contribution in [1.29, 1.82) is 0 Å². The van der Waals surface area contributed by atoms with Gasteiger partial charge in [-0.25, -0.2) is 9.67 Å². The molecular weight excluding hydrogens is 370 g/mol. The molecule has 9 heteroatoms. The van der Waals surface area contributed by atoms with Gasteiger partial charge >= 0.3 is 0 Å². The Morgan fingerprint density at radius 3 is 2.78 bits per heavy atom. The summed E-state index contributed by atoms with van der Waals surface area (Å²) in [6, 6.07) is 10.5. The molecule has 1 aromatic carbocycles. The van der Waals surface area contributed by atoms with E-state index in [0.717, 1.165) is 0 Å². The zero-order valence-corrected chi connectivity index (χ0v) is 15.3. The molecule has 0 bridgehead atoms. The number of carbonyl (C=O) groups is 1. The van der Waals surface area contributed by atoms with Crippen LogP contribution in [0.2, 0.25) is 5.02 Å². The van der Waals surface area contributed by atoms with Gasteiger partial charge in [-0.15, -0.1) is 0 Å². The van der Waals surface area contributed by atoms with Crippen LogP contribution in [-0.2, 0) is 4.74 Å². The SMILES string of the molecule is COCCOc1ccccc1-n1ncc(C(=O)Nc2ccc(Cl)cn2)c1N. The van der Waals surface area contributed by atoms with Crippen LogP contribution in [0.4, 0.5) is 11.6 Å². The van der Waals surface area contributed by atoms with Gasteiger partial charge in [-0.05, 0) is 24.3 Å². The number of para-hydroxylation sites is 2. The van der Waals surface area contributed by atoms with E-state index >= 15 is 0 Å². The normalized spacial score (nSPS) is 10.6. The van der Waals surface area contributed by atoms with E-state index in [0.29, 0.717) is 35.5 Å². The Morgan fingerprint density at radius 2 is 2.04 bits per heavy atom. The number of nitrogens with one attached hydrogen (secondary N) is 1. The average Bonchev–Trinajstić information content (AvgIpc) is 3.05. The van der Waals surface area contributed by atoms with E-state index in [-0.39, 0.29) is 11.4 Å². The zero-order chi connectivity index (χ0) is 19.2. The molecule has 0 saturated carbocycles.